The molecule has 0 spiro atoms. The van der Waals surface area contributed by atoms with Gasteiger partial charge in [0, 0.05) is 0 Å². The first-order valence-corrected chi connectivity index (χ1v) is 7.38. The summed E-state index contributed by atoms with van der Waals surface area (Å²) in [6.45, 7) is 8.97. The highest BCUT2D eigenvalue weighted by Gasteiger charge is 2.30. The van der Waals surface area contributed by atoms with Gasteiger partial charge in [0.2, 0.25) is 0 Å². The molecule has 2 aliphatic rings. The smallest absolute Gasteiger partial charge is 0.0232 e. The highest BCUT2D eigenvalue weighted by Crippen LogP contribution is 2.43. The molecule has 92 valence electrons. The highest BCUT2D eigenvalue weighted by molar-refractivity contribution is 5.07. The molecule has 2 aliphatic carbocycles. The molecule has 0 aliphatic heterocycles. The van der Waals surface area contributed by atoms with E-state index in [4.69, 9.17) is 0 Å². The maximum Gasteiger partial charge on any atom is -0.0232 e. The van der Waals surface area contributed by atoms with Crippen LogP contribution in [0, 0.1) is 23.7 Å². The van der Waals surface area contributed by atoms with E-state index in [1.54, 1.807) is 0 Å². The predicted molar refractivity (Wildman–Crippen MR) is 71.4 cm³/mol. The number of rotatable bonds is 3. The molecule has 0 aromatic carbocycles. The van der Waals surface area contributed by atoms with Crippen LogP contribution in [0.15, 0.2) is 12.2 Å². The summed E-state index contributed by atoms with van der Waals surface area (Å²) >= 11 is 0. The third-order valence-electron chi connectivity index (χ3n) is 5.16. The van der Waals surface area contributed by atoms with Crippen LogP contribution in [0.2, 0.25) is 0 Å². The van der Waals surface area contributed by atoms with Crippen LogP contribution in [0.1, 0.15) is 65.2 Å². The molecule has 0 nitrogen and oxygen atoms in total. The summed E-state index contributed by atoms with van der Waals surface area (Å²) in [5, 5.41) is 0. The average molecular weight is 220 g/mol. The van der Waals surface area contributed by atoms with Gasteiger partial charge in [-0.3, -0.25) is 0 Å². The molecule has 0 amide bonds. The van der Waals surface area contributed by atoms with E-state index in [1.165, 1.54) is 56.9 Å². The zero-order chi connectivity index (χ0) is 11.5. The van der Waals surface area contributed by atoms with Crippen LogP contribution in [0.3, 0.4) is 0 Å². The van der Waals surface area contributed by atoms with E-state index < -0.39 is 0 Å². The van der Waals surface area contributed by atoms with Crippen molar-refractivity contribution in [3.63, 3.8) is 0 Å². The van der Waals surface area contributed by atoms with Crippen LogP contribution in [0.4, 0.5) is 0 Å². The third-order valence-corrected chi connectivity index (χ3v) is 5.16. The van der Waals surface area contributed by atoms with E-state index >= 15 is 0 Å². The Bertz CT molecular complexity index is 240. The minimum Gasteiger partial charge on any atom is -0.0996 e. The van der Waals surface area contributed by atoms with Gasteiger partial charge in [-0.25, -0.2) is 0 Å². The van der Waals surface area contributed by atoms with E-state index in [0.29, 0.717) is 0 Å². The molecule has 2 saturated carbocycles. The van der Waals surface area contributed by atoms with E-state index in [0.717, 1.165) is 23.7 Å². The summed E-state index contributed by atoms with van der Waals surface area (Å²) in [5.41, 5.74) is 1.52. The van der Waals surface area contributed by atoms with Crippen LogP contribution in [0.25, 0.3) is 0 Å². The summed E-state index contributed by atoms with van der Waals surface area (Å²) in [5.74, 6) is 3.85. The second-order valence-electron chi connectivity index (χ2n) is 6.31. The lowest BCUT2D eigenvalue weighted by molar-refractivity contribution is 0.190. The van der Waals surface area contributed by atoms with Crippen molar-refractivity contribution in [1.82, 2.24) is 0 Å². The van der Waals surface area contributed by atoms with Crippen LogP contribution < -0.4 is 0 Å². The number of hydrogen-bond donors (Lipinski definition) is 0. The lowest BCUT2D eigenvalue weighted by atomic mass is 9.73. The van der Waals surface area contributed by atoms with Gasteiger partial charge in [0.15, 0.2) is 0 Å². The molecule has 0 N–H and O–H groups in total. The van der Waals surface area contributed by atoms with Crippen LogP contribution >= 0.6 is 0 Å². The van der Waals surface area contributed by atoms with Gasteiger partial charge in [0.25, 0.3) is 0 Å². The highest BCUT2D eigenvalue weighted by atomic mass is 14.4. The van der Waals surface area contributed by atoms with E-state index in [2.05, 4.69) is 20.4 Å². The molecule has 0 bridgehead atoms. The fraction of sp³-hybridized carbons (Fsp3) is 0.875. The molecule has 16 heavy (non-hydrogen) atoms. The second-order valence-corrected chi connectivity index (χ2v) is 6.31. The summed E-state index contributed by atoms with van der Waals surface area (Å²) in [7, 11) is 0. The van der Waals surface area contributed by atoms with Gasteiger partial charge in [-0.2, -0.15) is 0 Å². The molecule has 0 aromatic rings. The molecule has 0 radical (unpaired) electrons. The Balaban J connectivity index is 1.86. The topological polar surface area (TPSA) is 0 Å². The van der Waals surface area contributed by atoms with Crippen LogP contribution in [0.5, 0.6) is 0 Å². The lowest BCUT2D eigenvalue weighted by Crippen LogP contribution is -2.21. The third kappa shape index (κ3) is 2.70. The SMILES string of the molecule is C=C1CC(CC2CCCCC2CC)CC1C. The van der Waals surface area contributed by atoms with Crippen molar-refractivity contribution in [1.29, 1.82) is 0 Å². The Morgan fingerprint density at radius 1 is 1.19 bits per heavy atom. The first kappa shape index (κ1) is 12.2. The van der Waals surface area contributed by atoms with Gasteiger partial charge in [-0.1, -0.05) is 58.1 Å². The minimum absolute atomic E-state index is 0.800. The van der Waals surface area contributed by atoms with Gasteiger partial charge >= 0.3 is 0 Å². The molecular weight excluding hydrogens is 192 g/mol. The molecule has 4 atom stereocenters. The Labute approximate surface area is 102 Å². The second kappa shape index (κ2) is 5.38. The van der Waals surface area contributed by atoms with Crippen molar-refractivity contribution in [2.75, 3.05) is 0 Å². The molecule has 4 unspecified atom stereocenters. The first-order chi connectivity index (χ1) is 7.70. The summed E-state index contributed by atoms with van der Waals surface area (Å²) in [6, 6.07) is 0. The Kier molecular flexibility index (Phi) is 4.10. The molecule has 2 fully saturated rings. The van der Waals surface area contributed by atoms with Gasteiger partial charge in [0.05, 0.1) is 0 Å². The van der Waals surface area contributed by atoms with E-state index in [9.17, 15) is 0 Å². The molecule has 0 heteroatoms. The fourth-order valence-electron chi connectivity index (χ4n) is 4.06. The van der Waals surface area contributed by atoms with Crippen molar-refractivity contribution < 1.29 is 0 Å². The Morgan fingerprint density at radius 3 is 2.44 bits per heavy atom. The van der Waals surface area contributed by atoms with Crippen molar-refractivity contribution >= 4 is 0 Å². The average Bonchev–Trinajstić information content (AvgIpc) is 2.59. The summed E-state index contributed by atoms with van der Waals surface area (Å²) in [6.07, 6.45) is 11.7. The first-order valence-electron chi connectivity index (χ1n) is 7.38. The molecular formula is C16H28. The molecule has 0 saturated heterocycles. The predicted octanol–water partition coefficient (Wildman–Crippen LogP) is 5.20. The Morgan fingerprint density at radius 2 is 1.88 bits per heavy atom. The van der Waals surface area contributed by atoms with Gasteiger partial charge < -0.3 is 0 Å². The van der Waals surface area contributed by atoms with E-state index in [-0.39, 0.29) is 0 Å². The zero-order valence-corrected chi connectivity index (χ0v) is 11.2. The van der Waals surface area contributed by atoms with Crippen LogP contribution in [-0.2, 0) is 0 Å². The summed E-state index contributed by atoms with van der Waals surface area (Å²) in [4.78, 5) is 0. The summed E-state index contributed by atoms with van der Waals surface area (Å²) < 4.78 is 0. The molecule has 0 aromatic heterocycles. The lowest BCUT2D eigenvalue weighted by Gasteiger charge is -2.32. The van der Waals surface area contributed by atoms with E-state index in [1.807, 2.05) is 0 Å². The van der Waals surface area contributed by atoms with Crippen LogP contribution in [-0.4, -0.2) is 0 Å². The van der Waals surface area contributed by atoms with Gasteiger partial charge in [-0.05, 0) is 42.9 Å². The van der Waals surface area contributed by atoms with Crippen molar-refractivity contribution in [2.24, 2.45) is 23.7 Å². The van der Waals surface area contributed by atoms with Gasteiger partial charge in [0.1, 0.15) is 0 Å². The molecule has 0 heterocycles. The number of allylic oxidation sites excluding steroid dienone is 1. The quantitative estimate of drug-likeness (QED) is 0.574. The standard InChI is InChI=1S/C16H28/c1-4-15-7-5-6-8-16(15)11-14-9-12(2)13(3)10-14/h13-16H,2,4-11H2,1,3H3. The van der Waals surface area contributed by atoms with Crippen molar-refractivity contribution in [3.05, 3.63) is 12.2 Å². The maximum atomic E-state index is 4.22. The minimum atomic E-state index is 0.800. The van der Waals surface area contributed by atoms with Crippen molar-refractivity contribution in [3.8, 4) is 0 Å². The number of hydrogen-bond acceptors (Lipinski definition) is 0. The molecule has 2 rings (SSSR count). The monoisotopic (exact) mass is 220 g/mol. The maximum absolute atomic E-state index is 4.22. The Hall–Kier alpha value is -0.260. The van der Waals surface area contributed by atoms with Gasteiger partial charge in [-0.15, -0.1) is 0 Å². The normalized spacial score (nSPS) is 40.2. The largest absolute Gasteiger partial charge is 0.0996 e. The fourth-order valence-corrected chi connectivity index (χ4v) is 4.06. The zero-order valence-electron chi connectivity index (χ0n) is 11.2. The van der Waals surface area contributed by atoms with Crippen molar-refractivity contribution in [2.45, 2.75) is 65.2 Å².